The summed E-state index contributed by atoms with van der Waals surface area (Å²) in [6, 6.07) is 0. The molecule has 2 unspecified atom stereocenters. The molecule has 0 aromatic carbocycles. The van der Waals surface area contributed by atoms with Crippen LogP contribution in [0.25, 0.3) is 0 Å². The Hall–Kier alpha value is -1.06. The molecule has 166 valence electrons. The SMILES string of the molecule is CC.CC.CC.CC(CCN1CC(C(=O)O)CC1=O)CC(C)(C)C.CCC. The van der Waals surface area contributed by atoms with Crippen molar-refractivity contribution in [2.75, 3.05) is 13.1 Å². The lowest BCUT2D eigenvalue weighted by molar-refractivity contribution is -0.141. The van der Waals surface area contributed by atoms with E-state index in [9.17, 15) is 9.59 Å². The van der Waals surface area contributed by atoms with Crippen LogP contribution in [0, 0.1) is 17.3 Å². The predicted octanol–water partition coefficient (Wildman–Crippen LogP) is 6.88. The Morgan fingerprint density at radius 1 is 1.11 bits per heavy atom. The first-order valence-electron chi connectivity index (χ1n) is 11.1. The van der Waals surface area contributed by atoms with Crippen LogP contribution in [0.2, 0.25) is 0 Å². The van der Waals surface area contributed by atoms with Gasteiger partial charge < -0.3 is 10.0 Å². The average Bonchev–Trinajstić information content (AvgIpc) is 2.99. The minimum atomic E-state index is -0.853. The maximum Gasteiger partial charge on any atom is 0.308 e. The molecule has 1 rings (SSSR count). The van der Waals surface area contributed by atoms with Crippen LogP contribution in [0.15, 0.2) is 0 Å². The van der Waals surface area contributed by atoms with Crippen molar-refractivity contribution in [1.29, 1.82) is 0 Å². The molecule has 1 fully saturated rings. The Bertz CT molecular complexity index is 335. The van der Waals surface area contributed by atoms with Gasteiger partial charge in [0.15, 0.2) is 0 Å². The van der Waals surface area contributed by atoms with E-state index in [1.54, 1.807) is 4.90 Å². The Kier molecular flexibility index (Phi) is 26.4. The van der Waals surface area contributed by atoms with Crippen molar-refractivity contribution in [3.63, 3.8) is 0 Å². The molecule has 0 aliphatic carbocycles. The fraction of sp³-hybridized carbons (Fsp3) is 0.913. The van der Waals surface area contributed by atoms with Gasteiger partial charge in [-0.05, 0) is 24.2 Å². The van der Waals surface area contributed by atoms with Crippen molar-refractivity contribution < 1.29 is 14.7 Å². The number of aliphatic carboxylic acids is 1. The molecule has 0 spiro atoms. The van der Waals surface area contributed by atoms with Gasteiger partial charge in [-0.25, -0.2) is 0 Å². The van der Waals surface area contributed by atoms with Gasteiger partial charge in [0, 0.05) is 19.5 Å². The van der Waals surface area contributed by atoms with Crippen molar-refractivity contribution in [3.05, 3.63) is 0 Å². The van der Waals surface area contributed by atoms with Crippen molar-refractivity contribution >= 4 is 11.9 Å². The number of carbonyl (C=O) groups is 2. The number of carbonyl (C=O) groups excluding carboxylic acids is 1. The first kappa shape index (κ1) is 33.5. The summed E-state index contributed by atoms with van der Waals surface area (Å²) in [6.45, 7) is 26.2. The van der Waals surface area contributed by atoms with Gasteiger partial charge in [0.2, 0.25) is 5.91 Å². The van der Waals surface area contributed by atoms with E-state index in [0.29, 0.717) is 24.4 Å². The van der Waals surface area contributed by atoms with E-state index in [1.807, 2.05) is 41.5 Å². The van der Waals surface area contributed by atoms with Gasteiger partial charge >= 0.3 is 5.97 Å². The maximum absolute atomic E-state index is 11.6. The van der Waals surface area contributed by atoms with Gasteiger partial charge in [-0.2, -0.15) is 0 Å². The normalized spacial score (nSPS) is 16.2. The second kappa shape index (κ2) is 21.2. The third-order valence-corrected chi connectivity index (χ3v) is 3.42. The Balaban J connectivity index is -0.000000253. The smallest absolute Gasteiger partial charge is 0.308 e. The van der Waals surface area contributed by atoms with Gasteiger partial charge in [0.1, 0.15) is 0 Å². The van der Waals surface area contributed by atoms with Gasteiger partial charge in [0.05, 0.1) is 5.92 Å². The summed E-state index contributed by atoms with van der Waals surface area (Å²) in [5.74, 6) is -0.809. The van der Waals surface area contributed by atoms with E-state index in [0.717, 1.165) is 12.8 Å². The molecular formula is C23H51NO3. The number of hydrogen-bond acceptors (Lipinski definition) is 2. The average molecular weight is 390 g/mol. The van der Waals surface area contributed by atoms with Crippen LogP contribution in [0.1, 0.15) is 109 Å². The van der Waals surface area contributed by atoms with E-state index in [-0.39, 0.29) is 12.3 Å². The lowest BCUT2D eigenvalue weighted by atomic mass is 9.84. The van der Waals surface area contributed by atoms with Crippen LogP contribution in [0.5, 0.6) is 0 Å². The number of rotatable bonds is 5. The van der Waals surface area contributed by atoms with Crippen LogP contribution >= 0.6 is 0 Å². The van der Waals surface area contributed by atoms with Crippen molar-refractivity contribution in [2.24, 2.45) is 17.3 Å². The molecule has 2 atom stereocenters. The number of hydrogen-bond donors (Lipinski definition) is 1. The molecule has 4 nitrogen and oxygen atoms in total. The monoisotopic (exact) mass is 389 g/mol. The van der Waals surface area contributed by atoms with Crippen molar-refractivity contribution in [1.82, 2.24) is 4.90 Å². The predicted molar refractivity (Wildman–Crippen MR) is 120 cm³/mol. The molecule has 0 radical (unpaired) electrons. The molecule has 1 saturated heterocycles. The van der Waals surface area contributed by atoms with Gasteiger partial charge in [0.25, 0.3) is 0 Å². The zero-order chi connectivity index (χ0) is 22.6. The Labute approximate surface area is 171 Å². The second-order valence-corrected chi connectivity index (χ2v) is 7.44. The van der Waals surface area contributed by atoms with Gasteiger partial charge in [-0.3, -0.25) is 9.59 Å². The number of likely N-dealkylation sites (tertiary alicyclic amines) is 1. The number of amides is 1. The molecular weight excluding hydrogens is 338 g/mol. The van der Waals surface area contributed by atoms with Crippen LogP contribution in [0.3, 0.4) is 0 Å². The summed E-state index contributed by atoms with van der Waals surface area (Å²) < 4.78 is 0. The lowest BCUT2D eigenvalue weighted by Crippen LogP contribution is -2.28. The Morgan fingerprint density at radius 3 is 1.81 bits per heavy atom. The summed E-state index contributed by atoms with van der Waals surface area (Å²) in [7, 11) is 0. The van der Waals surface area contributed by atoms with Gasteiger partial charge in [-0.15, -0.1) is 0 Å². The quantitative estimate of drug-likeness (QED) is 0.557. The van der Waals surface area contributed by atoms with Crippen molar-refractivity contribution in [3.8, 4) is 0 Å². The van der Waals surface area contributed by atoms with E-state index in [2.05, 4.69) is 41.5 Å². The fourth-order valence-electron chi connectivity index (χ4n) is 2.68. The first-order valence-corrected chi connectivity index (χ1v) is 11.1. The first-order chi connectivity index (χ1) is 12.6. The molecule has 4 heteroatoms. The van der Waals surface area contributed by atoms with Crippen LogP contribution in [0.4, 0.5) is 0 Å². The molecule has 0 aromatic rings. The summed E-state index contributed by atoms with van der Waals surface area (Å²) in [4.78, 5) is 24.2. The largest absolute Gasteiger partial charge is 0.481 e. The van der Waals surface area contributed by atoms with Crippen molar-refractivity contribution in [2.45, 2.75) is 109 Å². The molecule has 0 saturated carbocycles. The highest BCUT2D eigenvalue weighted by molar-refractivity contribution is 5.86. The molecule has 1 N–H and O–H groups in total. The second-order valence-electron chi connectivity index (χ2n) is 7.44. The molecule has 1 aliphatic rings. The fourth-order valence-corrected chi connectivity index (χ4v) is 2.68. The van der Waals surface area contributed by atoms with E-state index < -0.39 is 11.9 Å². The standard InChI is InChI=1S/C14H25NO3.C3H8.3C2H6/c1-10(8-14(2,3)4)5-6-15-9-11(13(17)18)7-12(15)16;1-3-2;3*1-2/h10-11H,5-9H2,1-4H3,(H,17,18);3H2,1-2H3;3*1-2H3. The topological polar surface area (TPSA) is 57.6 Å². The molecule has 1 heterocycles. The summed E-state index contributed by atoms with van der Waals surface area (Å²) in [6.07, 6.45) is 3.50. The number of carboxylic acids is 1. The lowest BCUT2D eigenvalue weighted by Gasteiger charge is -2.25. The third-order valence-electron chi connectivity index (χ3n) is 3.42. The minimum absolute atomic E-state index is 0.00893. The third kappa shape index (κ3) is 21.1. The highest BCUT2D eigenvalue weighted by atomic mass is 16.4. The number of nitrogens with zero attached hydrogens (tertiary/aromatic N) is 1. The van der Waals surface area contributed by atoms with E-state index in [1.165, 1.54) is 6.42 Å². The molecule has 0 aromatic heterocycles. The summed E-state index contributed by atoms with van der Waals surface area (Å²) in [5.41, 5.74) is 0.304. The van der Waals surface area contributed by atoms with Crippen LogP contribution in [-0.4, -0.2) is 35.0 Å². The molecule has 1 aliphatic heterocycles. The Morgan fingerprint density at radius 2 is 1.52 bits per heavy atom. The molecule has 27 heavy (non-hydrogen) atoms. The van der Waals surface area contributed by atoms with Crippen LogP contribution < -0.4 is 0 Å². The van der Waals surface area contributed by atoms with E-state index >= 15 is 0 Å². The van der Waals surface area contributed by atoms with Gasteiger partial charge in [-0.1, -0.05) is 89.5 Å². The highest BCUT2D eigenvalue weighted by Crippen LogP contribution is 2.27. The zero-order valence-electron chi connectivity index (χ0n) is 20.6. The number of carboxylic acid groups (broad SMARTS) is 1. The maximum atomic E-state index is 11.6. The zero-order valence-corrected chi connectivity index (χ0v) is 20.6. The summed E-state index contributed by atoms with van der Waals surface area (Å²) in [5, 5.41) is 8.90. The molecule has 0 bridgehead atoms. The highest BCUT2D eigenvalue weighted by Gasteiger charge is 2.34. The van der Waals surface area contributed by atoms with E-state index in [4.69, 9.17) is 5.11 Å². The summed E-state index contributed by atoms with van der Waals surface area (Å²) >= 11 is 0. The van der Waals surface area contributed by atoms with Crippen LogP contribution in [-0.2, 0) is 9.59 Å². The molecule has 1 amide bonds. The minimum Gasteiger partial charge on any atom is -0.481 e.